The number of hydrazone groups is 1. The van der Waals surface area contributed by atoms with Crippen molar-refractivity contribution < 1.29 is 19.1 Å². The van der Waals surface area contributed by atoms with Crippen molar-refractivity contribution in [3.63, 3.8) is 0 Å². The van der Waals surface area contributed by atoms with Gasteiger partial charge in [0, 0.05) is 22.3 Å². The molecule has 170 valence electrons. The number of carbonyl (C=O) groups is 3. The molecule has 8 nitrogen and oxygen atoms in total. The predicted molar refractivity (Wildman–Crippen MR) is 125 cm³/mol. The van der Waals surface area contributed by atoms with E-state index in [2.05, 4.69) is 21.2 Å². The summed E-state index contributed by atoms with van der Waals surface area (Å²) in [6, 6.07) is 10.4. The number of ether oxygens (including phenoxy) is 1. The highest BCUT2D eigenvalue weighted by molar-refractivity contribution is 6.35. The highest BCUT2D eigenvalue weighted by atomic mass is 35.5. The van der Waals surface area contributed by atoms with Gasteiger partial charge in [-0.15, -0.1) is 0 Å². The second-order valence-corrected chi connectivity index (χ2v) is 7.76. The van der Waals surface area contributed by atoms with Crippen LogP contribution < -0.4 is 20.8 Å². The molecule has 2 rings (SSSR count). The van der Waals surface area contributed by atoms with Gasteiger partial charge >= 0.3 is 11.8 Å². The summed E-state index contributed by atoms with van der Waals surface area (Å²) in [6.07, 6.45) is 1.99. The van der Waals surface area contributed by atoms with Crippen molar-refractivity contribution in [3.05, 3.63) is 58.1 Å². The Hall–Kier alpha value is -3.39. The lowest BCUT2D eigenvalue weighted by molar-refractivity contribution is -0.139. The van der Waals surface area contributed by atoms with Gasteiger partial charge in [-0.3, -0.25) is 14.4 Å². The zero-order valence-corrected chi connectivity index (χ0v) is 19.2. The standard InChI is InChI=1S/C23H27ClN4O4/c1-5-16(4)26-22(30)23(31)28-25-12-17-11-18(24)7-9-20(17)32-13-21(29)27-19-8-6-14(2)10-15(19)3/h6-12,16H,5,13H2,1-4H3,(H,26,30)(H,27,29)(H,28,31)/b25-12-/t16-/m1/s1. The van der Waals surface area contributed by atoms with Gasteiger partial charge in [0.1, 0.15) is 5.75 Å². The van der Waals surface area contributed by atoms with E-state index in [1.807, 2.05) is 39.0 Å². The molecule has 2 aromatic rings. The highest BCUT2D eigenvalue weighted by Crippen LogP contribution is 2.22. The van der Waals surface area contributed by atoms with Crippen molar-refractivity contribution in [2.24, 2.45) is 5.10 Å². The van der Waals surface area contributed by atoms with Crippen LogP contribution in [-0.2, 0) is 14.4 Å². The number of nitrogens with one attached hydrogen (secondary N) is 3. The van der Waals surface area contributed by atoms with Gasteiger partial charge in [-0.05, 0) is 57.0 Å². The summed E-state index contributed by atoms with van der Waals surface area (Å²) >= 11 is 6.03. The number of nitrogens with zero attached hydrogens (tertiary/aromatic N) is 1. The minimum atomic E-state index is -0.890. The third kappa shape index (κ3) is 7.70. The van der Waals surface area contributed by atoms with Gasteiger partial charge < -0.3 is 15.4 Å². The molecule has 0 aliphatic carbocycles. The Morgan fingerprint density at radius 1 is 1.12 bits per heavy atom. The summed E-state index contributed by atoms with van der Waals surface area (Å²) in [4.78, 5) is 35.9. The van der Waals surface area contributed by atoms with Crippen LogP contribution in [0.25, 0.3) is 0 Å². The fourth-order valence-corrected chi connectivity index (χ4v) is 2.82. The molecule has 9 heteroatoms. The number of carbonyl (C=O) groups excluding carboxylic acids is 3. The molecule has 3 N–H and O–H groups in total. The van der Waals surface area contributed by atoms with Crippen LogP contribution >= 0.6 is 11.6 Å². The zero-order chi connectivity index (χ0) is 23.7. The molecule has 0 saturated carbocycles. The zero-order valence-electron chi connectivity index (χ0n) is 18.5. The van der Waals surface area contributed by atoms with Crippen LogP contribution in [0.5, 0.6) is 5.75 Å². The average Bonchev–Trinajstić information content (AvgIpc) is 2.74. The first-order valence-corrected chi connectivity index (χ1v) is 10.5. The highest BCUT2D eigenvalue weighted by Gasteiger charge is 2.14. The van der Waals surface area contributed by atoms with E-state index in [0.717, 1.165) is 11.1 Å². The lowest BCUT2D eigenvalue weighted by Gasteiger charge is -2.12. The molecule has 0 unspecified atom stereocenters. The second kappa shape index (κ2) is 11.9. The van der Waals surface area contributed by atoms with Crippen molar-refractivity contribution in [3.8, 4) is 5.75 Å². The van der Waals surface area contributed by atoms with Crippen LogP contribution in [0.15, 0.2) is 41.5 Å². The quantitative estimate of drug-likeness (QED) is 0.320. The Morgan fingerprint density at radius 3 is 2.56 bits per heavy atom. The van der Waals surface area contributed by atoms with Crippen LogP contribution in [0, 0.1) is 13.8 Å². The number of halogens is 1. The van der Waals surface area contributed by atoms with Crippen LogP contribution in [0.1, 0.15) is 37.0 Å². The maximum atomic E-state index is 12.3. The Balaban J connectivity index is 1.98. The van der Waals surface area contributed by atoms with E-state index in [4.69, 9.17) is 16.3 Å². The third-order valence-corrected chi connectivity index (χ3v) is 4.79. The van der Waals surface area contributed by atoms with Crippen LogP contribution in [-0.4, -0.2) is 36.6 Å². The molecular weight excluding hydrogens is 432 g/mol. The molecule has 0 radical (unpaired) electrons. The number of hydrogen-bond donors (Lipinski definition) is 3. The summed E-state index contributed by atoms with van der Waals surface area (Å²) in [6.45, 7) is 7.34. The molecule has 0 spiro atoms. The molecule has 0 aliphatic heterocycles. The van der Waals surface area contributed by atoms with Crippen molar-refractivity contribution in [2.75, 3.05) is 11.9 Å². The van der Waals surface area contributed by atoms with E-state index in [0.29, 0.717) is 28.4 Å². The van der Waals surface area contributed by atoms with Gasteiger partial charge in [0.05, 0.1) is 6.21 Å². The smallest absolute Gasteiger partial charge is 0.329 e. The van der Waals surface area contributed by atoms with Gasteiger partial charge in [0.25, 0.3) is 5.91 Å². The molecular formula is C23H27ClN4O4. The van der Waals surface area contributed by atoms with Gasteiger partial charge in [0.15, 0.2) is 6.61 Å². The minimum absolute atomic E-state index is 0.125. The van der Waals surface area contributed by atoms with Crippen LogP contribution in [0.4, 0.5) is 5.69 Å². The van der Waals surface area contributed by atoms with Crippen LogP contribution in [0.2, 0.25) is 5.02 Å². The van der Waals surface area contributed by atoms with Crippen molar-refractivity contribution in [1.82, 2.24) is 10.7 Å². The number of rotatable bonds is 8. The molecule has 2 aromatic carbocycles. The van der Waals surface area contributed by atoms with E-state index in [1.165, 1.54) is 6.21 Å². The monoisotopic (exact) mass is 458 g/mol. The van der Waals surface area contributed by atoms with Crippen LogP contribution in [0.3, 0.4) is 0 Å². The molecule has 0 aliphatic rings. The Bertz CT molecular complexity index is 1020. The second-order valence-electron chi connectivity index (χ2n) is 7.32. The third-order valence-electron chi connectivity index (χ3n) is 4.55. The van der Waals surface area contributed by atoms with Crippen molar-refractivity contribution in [1.29, 1.82) is 0 Å². The molecule has 0 bridgehead atoms. The van der Waals surface area contributed by atoms with E-state index in [-0.39, 0.29) is 18.6 Å². The molecule has 1 atom stereocenters. The van der Waals surface area contributed by atoms with E-state index in [1.54, 1.807) is 25.1 Å². The Kier molecular flexibility index (Phi) is 9.22. The van der Waals surface area contributed by atoms with Gasteiger partial charge in [-0.2, -0.15) is 5.10 Å². The number of hydrogen-bond acceptors (Lipinski definition) is 5. The maximum absolute atomic E-state index is 12.3. The molecule has 3 amide bonds. The minimum Gasteiger partial charge on any atom is -0.483 e. The van der Waals surface area contributed by atoms with Crippen molar-refractivity contribution >= 4 is 41.2 Å². The first-order chi connectivity index (χ1) is 15.2. The first-order valence-electron chi connectivity index (χ1n) is 10.1. The molecule has 0 heterocycles. The van der Waals surface area contributed by atoms with Gasteiger partial charge in [-0.25, -0.2) is 5.43 Å². The maximum Gasteiger partial charge on any atom is 0.329 e. The van der Waals surface area contributed by atoms with E-state index < -0.39 is 11.8 Å². The van der Waals surface area contributed by atoms with Gasteiger partial charge in [0.2, 0.25) is 0 Å². The first kappa shape index (κ1) is 24.9. The van der Waals surface area contributed by atoms with E-state index >= 15 is 0 Å². The number of benzene rings is 2. The predicted octanol–water partition coefficient (Wildman–Crippen LogP) is 3.34. The number of aryl methyl sites for hydroxylation is 2. The van der Waals surface area contributed by atoms with Crippen molar-refractivity contribution in [2.45, 2.75) is 40.2 Å². The molecule has 0 aromatic heterocycles. The lowest BCUT2D eigenvalue weighted by atomic mass is 10.1. The summed E-state index contributed by atoms with van der Waals surface area (Å²) in [5, 5.41) is 9.55. The number of anilines is 1. The number of amides is 3. The summed E-state index contributed by atoms with van der Waals surface area (Å²) < 4.78 is 5.61. The molecule has 32 heavy (non-hydrogen) atoms. The molecule has 0 fully saturated rings. The Morgan fingerprint density at radius 2 is 1.88 bits per heavy atom. The average molecular weight is 459 g/mol. The van der Waals surface area contributed by atoms with E-state index in [9.17, 15) is 14.4 Å². The van der Waals surface area contributed by atoms with Gasteiger partial charge in [-0.1, -0.05) is 36.2 Å². The summed E-state index contributed by atoms with van der Waals surface area (Å²) in [5.41, 5.74) is 5.35. The Labute approximate surface area is 192 Å². The lowest BCUT2D eigenvalue weighted by Crippen LogP contribution is -2.41. The molecule has 0 saturated heterocycles. The summed E-state index contributed by atoms with van der Waals surface area (Å²) in [7, 11) is 0. The fraction of sp³-hybridized carbons (Fsp3) is 0.304. The fourth-order valence-electron chi connectivity index (χ4n) is 2.64. The normalized spacial score (nSPS) is 11.7. The SMILES string of the molecule is CC[C@@H](C)NC(=O)C(=O)N/N=C\c1cc(Cl)ccc1OCC(=O)Nc1ccc(C)cc1C. The topological polar surface area (TPSA) is 109 Å². The largest absolute Gasteiger partial charge is 0.483 e. The summed E-state index contributed by atoms with van der Waals surface area (Å²) in [5.74, 6) is -1.65.